The first-order valence-electron chi connectivity index (χ1n) is 8.76. The highest BCUT2D eigenvalue weighted by atomic mass is 16.3. The van der Waals surface area contributed by atoms with Gasteiger partial charge in [0.25, 0.3) is 0 Å². The Morgan fingerprint density at radius 3 is 1.79 bits per heavy atom. The van der Waals surface area contributed by atoms with Crippen LogP contribution in [0.3, 0.4) is 0 Å². The minimum Gasteiger partial charge on any atom is -0.507 e. The van der Waals surface area contributed by atoms with Gasteiger partial charge < -0.3 is 15.3 Å². The number of aromatic hydroxyl groups is 3. The van der Waals surface area contributed by atoms with E-state index in [0.717, 1.165) is 22.3 Å². The van der Waals surface area contributed by atoms with E-state index in [9.17, 15) is 24.9 Å². The first-order valence-corrected chi connectivity index (χ1v) is 8.76. The summed E-state index contributed by atoms with van der Waals surface area (Å²) in [7, 11) is 0. The molecule has 3 aromatic carbocycles. The molecule has 0 amide bonds. The fraction of sp³-hybridized carbons (Fsp3) is 0.130. The standard InChI is InChI=1S/C23H20O5/c1-14-6-17(7-15-2-4-21(26)19(9-15)12-24)11-18(23(14)28)8-16-3-5-22(27)20(10-16)13-25/h2-6,9-13,26-28H,7-8H2,1H3. The molecule has 3 aromatic rings. The molecule has 28 heavy (non-hydrogen) atoms. The van der Waals surface area contributed by atoms with Crippen LogP contribution in [-0.2, 0) is 12.8 Å². The average Bonchev–Trinajstić information content (AvgIpc) is 2.68. The lowest BCUT2D eigenvalue weighted by atomic mass is 9.94. The number of phenolic OH excluding ortho intramolecular Hbond substituents is 3. The fourth-order valence-corrected chi connectivity index (χ4v) is 3.24. The molecule has 0 aliphatic heterocycles. The summed E-state index contributed by atoms with van der Waals surface area (Å²) in [4.78, 5) is 22.1. The van der Waals surface area contributed by atoms with Crippen molar-refractivity contribution in [1.29, 1.82) is 0 Å². The second kappa shape index (κ2) is 7.96. The van der Waals surface area contributed by atoms with Gasteiger partial charge in [-0.1, -0.05) is 24.3 Å². The number of phenols is 3. The van der Waals surface area contributed by atoms with Crippen LogP contribution in [0.4, 0.5) is 0 Å². The van der Waals surface area contributed by atoms with Gasteiger partial charge in [-0.25, -0.2) is 0 Å². The molecule has 0 aromatic heterocycles. The third kappa shape index (κ3) is 4.04. The molecule has 0 heterocycles. The molecule has 0 radical (unpaired) electrons. The first-order chi connectivity index (χ1) is 13.4. The van der Waals surface area contributed by atoms with Crippen LogP contribution in [-0.4, -0.2) is 27.9 Å². The highest BCUT2D eigenvalue weighted by Crippen LogP contribution is 2.29. The van der Waals surface area contributed by atoms with Crippen LogP contribution in [0.1, 0.15) is 48.5 Å². The molecule has 0 spiro atoms. The van der Waals surface area contributed by atoms with Crippen molar-refractivity contribution in [2.24, 2.45) is 0 Å². The zero-order valence-electron chi connectivity index (χ0n) is 15.3. The van der Waals surface area contributed by atoms with Crippen molar-refractivity contribution in [3.05, 3.63) is 87.5 Å². The average molecular weight is 376 g/mol. The van der Waals surface area contributed by atoms with Gasteiger partial charge in [0, 0.05) is 6.42 Å². The largest absolute Gasteiger partial charge is 0.507 e. The number of hydrogen-bond acceptors (Lipinski definition) is 5. The molecule has 0 bridgehead atoms. The molecule has 5 heteroatoms. The minimum atomic E-state index is -0.0776. The number of carbonyl (C=O) groups is 2. The van der Waals surface area contributed by atoms with Crippen molar-refractivity contribution in [3.8, 4) is 17.2 Å². The SMILES string of the molecule is Cc1cc(Cc2ccc(O)c(C=O)c2)cc(Cc2ccc(O)c(C=O)c2)c1O. The van der Waals surface area contributed by atoms with Crippen molar-refractivity contribution in [2.45, 2.75) is 19.8 Å². The molecule has 0 aliphatic rings. The monoisotopic (exact) mass is 376 g/mol. The number of rotatable bonds is 6. The first kappa shape index (κ1) is 19.2. The third-order valence-corrected chi connectivity index (χ3v) is 4.68. The lowest BCUT2D eigenvalue weighted by molar-refractivity contribution is 0.111. The summed E-state index contributed by atoms with van der Waals surface area (Å²) in [6.07, 6.45) is 2.14. The van der Waals surface area contributed by atoms with Gasteiger partial charge in [-0.05, 0) is 65.4 Å². The molecule has 0 aliphatic carbocycles. The van der Waals surface area contributed by atoms with E-state index in [0.29, 0.717) is 31.0 Å². The van der Waals surface area contributed by atoms with Gasteiger partial charge in [-0.3, -0.25) is 9.59 Å². The Labute approximate surface area is 162 Å². The van der Waals surface area contributed by atoms with Gasteiger partial charge in [-0.15, -0.1) is 0 Å². The van der Waals surface area contributed by atoms with Gasteiger partial charge in [-0.2, -0.15) is 0 Å². The molecule has 3 rings (SSSR count). The van der Waals surface area contributed by atoms with Gasteiger partial charge in [0.15, 0.2) is 12.6 Å². The Morgan fingerprint density at radius 1 is 0.714 bits per heavy atom. The van der Waals surface area contributed by atoms with E-state index in [-0.39, 0.29) is 28.4 Å². The van der Waals surface area contributed by atoms with Crippen molar-refractivity contribution in [1.82, 2.24) is 0 Å². The number of carbonyl (C=O) groups excluding carboxylic acids is 2. The molecule has 0 fully saturated rings. The van der Waals surface area contributed by atoms with Crippen LogP contribution in [0.25, 0.3) is 0 Å². The summed E-state index contributed by atoms with van der Waals surface area (Å²) in [5.41, 5.74) is 4.46. The molecule has 0 saturated carbocycles. The maximum Gasteiger partial charge on any atom is 0.153 e. The molecule has 5 nitrogen and oxygen atoms in total. The zero-order valence-corrected chi connectivity index (χ0v) is 15.3. The topological polar surface area (TPSA) is 94.8 Å². The predicted octanol–water partition coefficient (Wildman–Crippen LogP) is 3.92. The van der Waals surface area contributed by atoms with Crippen molar-refractivity contribution >= 4 is 12.6 Å². The number of benzene rings is 3. The van der Waals surface area contributed by atoms with Crippen LogP contribution in [0.15, 0.2) is 48.5 Å². The summed E-state index contributed by atoms with van der Waals surface area (Å²) in [6, 6.07) is 13.4. The highest BCUT2D eigenvalue weighted by molar-refractivity contribution is 5.80. The summed E-state index contributed by atoms with van der Waals surface area (Å²) >= 11 is 0. The summed E-state index contributed by atoms with van der Waals surface area (Å²) < 4.78 is 0. The molecule has 3 N–H and O–H groups in total. The smallest absolute Gasteiger partial charge is 0.153 e. The van der Waals surface area contributed by atoms with E-state index in [1.54, 1.807) is 24.3 Å². The Morgan fingerprint density at radius 2 is 1.25 bits per heavy atom. The Hall–Kier alpha value is -3.60. The second-order valence-corrected chi connectivity index (χ2v) is 6.80. The van der Waals surface area contributed by atoms with Gasteiger partial charge in [0.1, 0.15) is 17.2 Å². The second-order valence-electron chi connectivity index (χ2n) is 6.80. The number of aldehydes is 2. The van der Waals surface area contributed by atoms with Crippen molar-refractivity contribution in [3.63, 3.8) is 0 Å². The Bertz CT molecular complexity index is 1050. The van der Waals surface area contributed by atoms with Crippen LogP contribution in [0.5, 0.6) is 17.2 Å². The van der Waals surface area contributed by atoms with Crippen LogP contribution in [0.2, 0.25) is 0 Å². The minimum absolute atomic E-state index is 0.0559. The summed E-state index contributed by atoms with van der Waals surface area (Å²) in [5.74, 6) is 0.0506. The van der Waals surface area contributed by atoms with Gasteiger partial charge in [0.05, 0.1) is 11.1 Å². The van der Waals surface area contributed by atoms with E-state index in [2.05, 4.69) is 0 Å². The van der Waals surface area contributed by atoms with E-state index in [1.165, 1.54) is 12.1 Å². The van der Waals surface area contributed by atoms with Crippen molar-refractivity contribution in [2.75, 3.05) is 0 Å². The van der Waals surface area contributed by atoms with E-state index in [1.807, 2.05) is 19.1 Å². The highest BCUT2D eigenvalue weighted by Gasteiger charge is 2.11. The zero-order chi connectivity index (χ0) is 20.3. The quantitative estimate of drug-likeness (QED) is 0.567. The van der Waals surface area contributed by atoms with Crippen LogP contribution in [0, 0.1) is 6.92 Å². The molecule has 142 valence electrons. The summed E-state index contributed by atoms with van der Waals surface area (Å²) in [6.45, 7) is 1.81. The van der Waals surface area contributed by atoms with E-state index in [4.69, 9.17) is 0 Å². The Balaban J connectivity index is 1.92. The maximum atomic E-state index is 11.0. The van der Waals surface area contributed by atoms with Crippen LogP contribution >= 0.6 is 0 Å². The summed E-state index contributed by atoms with van der Waals surface area (Å²) in [5, 5.41) is 29.7. The van der Waals surface area contributed by atoms with Gasteiger partial charge >= 0.3 is 0 Å². The molecular formula is C23H20O5. The van der Waals surface area contributed by atoms with Crippen LogP contribution < -0.4 is 0 Å². The lowest BCUT2D eigenvalue weighted by Crippen LogP contribution is -1.97. The predicted molar refractivity (Wildman–Crippen MR) is 105 cm³/mol. The Kier molecular flexibility index (Phi) is 5.45. The fourth-order valence-electron chi connectivity index (χ4n) is 3.24. The molecular weight excluding hydrogens is 356 g/mol. The number of aryl methyl sites for hydroxylation is 1. The van der Waals surface area contributed by atoms with Crippen molar-refractivity contribution < 1.29 is 24.9 Å². The van der Waals surface area contributed by atoms with E-state index >= 15 is 0 Å². The van der Waals surface area contributed by atoms with E-state index < -0.39 is 0 Å². The molecule has 0 unspecified atom stereocenters. The lowest BCUT2D eigenvalue weighted by Gasteiger charge is -2.12. The molecule has 0 saturated heterocycles. The third-order valence-electron chi connectivity index (χ3n) is 4.68. The molecule has 0 atom stereocenters. The van der Waals surface area contributed by atoms with Gasteiger partial charge in [0.2, 0.25) is 0 Å². The number of hydrogen-bond donors (Lipinski definition) is 3. The maximum absolute atomic E-state index is 11.0. The normalized spacial score (nSPS) is 10.6.